The van der Waals surface area contributed by atoms with Gasteiger partial charge < -0.3 is 4.57 Å². The van der Waals surface area contributed by atoms with Gasteiger partial charge in [-0.15, -0.1) is 0 Å². The molecule has 5 heteroatoms. The molecule has 0 saturated carbocycles. The lowest BCUT2D eigenvalue weighted by molar-refractivity contribution is 0.156. The first-order chi connectivity index (χ1) is 12.8. The Labute approximate surface area is 154 Å². The van der Waals surface area contributed by atoms with E-state index < -0.39 is 0 Å². The van der Waals surface area contributed by atoms with Gasteiger partial charge in [-0.25, -0.2) is 4.98 Å². The molecule has 0 aliphatic carbocycles. The van der Waals surface area contributed by atoms with E-state index in [1.54, 1.807) is 6.20 Å². The van der Waals surface area contributed by atoms with E-state index in [4.69, 9.17) is 0 Å². The number of nitrogens with zero attached hydrogens (tertiary/aromatic N) is 5. The van der Waals surface area contributed by atoms with Crippen molar-refractivity contribution in [1.29, 1.82) is 0 Å². The van der Waals surface area contributed by atoms with Gasteiger partial charge in [0, 0.05) is 61.9 Å². The number of rotatable bonds is 5. The van der Waals surface area contributed by atoms with Crippen molar-refractivity contribution < 1.29 is 0 Å². The quantitative estimate of drug-likeness (QED) is 0.708. The predicted molar refractivity (Wildman–Crippen MR) is 102 cm³/mol. The van der Waals surface area contributed by atoms with Crippen LogP contribution in [0.1, 0.15) is 24.1 Å². The van der Waals surface area contributed by atoms with Crippen LogP contribution in [0.3, 0.4) is 0 Å². The van der Waals surface area contributed by atoms with Crippen LogP contribution in [0.5, 0.6) is 0 Å². The molecule has 4 heterocycles. The molecule has 1 aliphatic rings. The summed E-state index contributed by atoms with van der Waals surface area (Å²) in [6.45, 7) is 6.44. The maximum absolute atomic E-state index is 4.64. The maximum Gasteiger partial charge on any atom is 0.141 e. The first kappa shape index (κ1) is 16.9. The number of pyridine rings is 2. The van der Waals surface area contributed by atoms with Crippen molar-refractivity contribution in [3.8, 4) is 11.4 Å². The van der Waals surface area contributed by atoms with Crippen LogP contribution in [-0.4, -0.2) is 37.5 Å². The molecular weight excluding hydrogens is 322 g/mol. The molecule has 1 unspecified atom stereocenters. The molecule has 1 aliphatic heterocycles. The predicted octanol–water partition coefficient (Wildman–Crippen LogP) is 3.56. The zero-order valence-electron chi connectivity index (χ0n) is 15.3. The molecule has 0 bridgehead atoms. The van der Waals surface area contributed by atoms with Crippen molar-refractivity contribution in [3.63, 3.8) is 0 Å². The third-order valence-electron chi connectivity index (χ3n) is 5.15. The van der Waals surface area contributed by atoms with Crippen molar-refractivity contribution in [2.75, 3.05) is 13.1 Å². The third-order valence-corrected chi connectivity index (χ3v) is 5.15. The molecule has 0 N–H and O–H groups in total. The number of aryl methyl sites for hydroxylation is 1. The molecule has 3 aromatic heterocycles. The summed E-state index contributed by atoms with van der Waals surface area (Å²) >= 11 is 0. The minimum Gasteiger partial charge on any atom is -0.328 e. The van der Waals surface area contributed by atoms with Gasteiger partial charge in [0.25, 0.3) is 0 Å². The summed E-state index contributed by atoms with van der Waals surface area (Å²) in [6, 6.07) is 8.24. The molecule has 0 spiro atoms. The first-order valence-electron chi connectivity index (χ1n) is 9.33. The number of piperidine rings is 1. The van der Waals surface area contributed by atoms with Crippen molar-refractivity contribution in [2.45, 2.75) is 32.9 Å². The Bertz CT molecular complexity index is 828. The SMILES string of the molecule is Cc1cnc(-c2cccnc2)n1CC1CCCN(Cc2cccnc2)C1. The minimum absolute atomic E-state index is 0.642. The Morgan fingerprint density at radius 3 is 2.69 bits per heavy atom. The van der Waals surface area contributed by atoms with Gasteiger partial charge in [0.1, 0.15) is 5.82 Å². The normalized spacial score (nSPS) is 18.1. The molecule has 0 aromatic carbocycles. The van der Waals surface area contributed by atoms with E-state index in [-0.39, 0.29) is 0 Å². The number of hydrogen-bond acceptors (Lipinski definition) is 4. The van der Waals surface area contributed by atoms with Gasteiger partial charge in [0.15, 0.2) is 0 Å². The lowest BCUT2D eigenvalue weighted by Gasteiger charge is -2.33. The monoisotopic (exact) mass is 347 g/mol. The van der Waals surface area contributed by atoms with Gasteiger partial charge in [-0.2, -0.15) is 0 Å². The molecule has 5 nitrogen and oxygen atoms in total. The molecule has 3 aromatic rings. The fourth-order valence-electron chi connectivity index (χ4n) is 3.87. The molecule has 0 radical (unpaired) electrons. The molecule has 4 rings (SSSR count). The first-order valence-corrected chi connectivity index (χ1v) is 9.33. The number of hydrogen-bond donors (Lipinski definition) is 0. The van der Waals surface area contributed by atoms with Crippen molar-refractivity contribution in [2.24, 2.45) is 5.92 Å². The topological polar surface area (TPSA) is 46.8 Å². The van der Waals surface area contributed by atoms with Crippen LogP contribution >= 0.6 is 0 Å². The summed E-state index contributed by atoms with van der Waals surface area (Å²) in [5.74, 6) is 1.67. The van der Waals surface area contributed by atoms with E-state index in [1.807, 2.05) is 36.9 Å². The number of aromatic nitrogens is 4. The highest BCUT2D eigenvalue weighted by molar-refractivity contribution is 5.54. The number of likely N-dealkylation sites (tertiary alicyclic amines) is 1. The summed E-state index contributed by atoms with van der Waals surface area (Å²) in [5.41, 5.74) is 3.60. The molecule has 0 amide bonds. The fourth-order valence-corrected chi connectivity index (χ4v) is 3.87. The Hall–Kier alpha value is -2.53. The lowest BCUT2D eigenvalue weighted by Crippen LogP contribution is -2.36. The van der Waals surface area contributed by atoms with Gasteiger partial charge >= 0.3 is 0 Å². The smallest absolute Gasteiger partial charge is 0.141 e. The summed E-state index contributed by atoms with van der Waals surface area (Å²) in [6.07, 6.45) is 12.0. The van der Waals surface area contributed by atoms with Crippen LogP contribution < -0.4 is 0 Å². The molecule has 1 atom stereocenters. The van der Waals surface area contributed by atoms with Crippen molar-refractivity contribution in [1.82, 2.24) is 24.4 Å². The van der Waals surface area contributed by atoms with E-state index in [0.29, 0.717) is 5.92 Å². The fraction of sp³-hybridized carbons (Fsp3) is 0.381. The highest BCUT2D eigenvalue weighted by Crippen LogP contribution is 2.24. The third kappa shape index (κ3) is 3.83. The maximum atomic E-state index is 4.64. The summed E-state index contributed by atoms with van der Waals surface area (Å²) < 4.78 is 2.36. The highest BCUT2D eigenvalue weighted by atomic mass is 15.1. The summed E-state index contributed by atoms with van der Waals surface area (Å²) in [4.78, 5) is 15.7. The molecule has 26 heavy (non-hydrogen) atoms. The van der Waals surface area contributed by atoms with E-state index in [2.05, 4.69) is 43.5 Å². The van der Waals surface area contributed by atoms with Gasteiger partial charge in [0.2, 0.25) is 0 Å². The van der Waals surface area contributed by atoms with Gasteiger partial charge in [0.05, 0.1) is 0 Å². The summed E-state index contributed by atoms with van der Waals surface area (Å²) in [5, 5.41) is 0. The highest BCUT2D eigenvalue weighted by Gasteiger charge is 2.22. The van der Waals surface area contributed by atoms with Gasteiger partial charge in [-0.05, 0) is 56.0 Å². The van der Waals surface area contributed by atoms with Crippen molar-refractivity contribution in [3.05, 3.63) is 66.5 Å². The Balaban J connectivity index is 1.47. The molecular formula is C21H25N5. The Morgan fingerprint density at radius 1 is 1.08 bits per heavy atom. The number of imidazole rings is 1. The van der Waals surface area contributed by atoms with Gasteiger partial charge in [-0.1, -0.05) is 6.07 Å². The standard InChI is InChI=1S/C21H25N5/c1-17-11-24-21(20-7-3-9-23-13-20)26(17)16-19-6-4-10-25(15-19)14-18-5-2-8-22-12-18/h2-3,5,7-9,11-13,19H,4,6,10,14-16H2,1H3. The van der Waals surface area contributed by atoms with Crippen LogP contribution in [0.2, 0.25) is 0 Å². The summed E-state index contributed by atoms with van der Waals surface area (Å²) in [7, 11) is 0. The van der Waals surface area contributed by atoms with Crippen LogP contribution in [0, 0.1) is 12.8 Å². The lowest BCUT2D eigenvalue weighted by atomic mass is 9.97. The molecule has 1 saturated heterocycles. The second-order valence-corrected chi connectivity index (χ2v) is 7.18. The van der Waals surface area contributed by atoms with Crippen LogP contribution in [0.25, 0.3) is 11.4 Å². The molecule has 134 valence electrons. The van der Waals surface area contributed by atoms with Crippen LogP contribution in [0.15, 0.2) is 55.2 Å². The van der Waals surface area contributed by atoms with Crippen LogP contribution in [0.4, 0.5) is 0 Å². The Morgan fingerprint density at radius 2 is 1.92 bits per heavy atom. The van der Waals surface area contributed by atoms with E-state index in [1.165, 1.54) is 30.6 Å². The average molecular weight is 347 g/mol. The second kappa shape index (κ2) is 7.79. The zero-order chi connectivity index (χ0) is 17.8. The van der Waals surface area contributed by atoms with Crippen LogP contribution in [-0.2, 0) is 13.1 Å². The van der Waals surface area contributed by atoms with E-state index >= 15 is 0 Å². The largest absolute Gasteiger partial charge is 0.328 e. The van der Waals surface area contributed by atoms with E-state index in [0.717, 1.165) is 31.0 Å². The minimum atomic E-state index is 0.642. The van der Waals surface area contributed by atoms with Gasteiger partial charge in [-0.3, -0.25) is 14.9 Å². The second-order valence-electron chi connectivity index (χ2n) is 7.18. The Kier molecular flexibility index (Phi) is 5.07. The average Bonchev–Trinajstić information content (AvgIpc) is 3.04. The zero-order valence-corrected chi connectivity index (χ0v) is 15.3. The van der Waals surface area contributed by atoms with Crippen molar-refractivity contribution >= 4 is 0 Å². The molecule has 1 fully saturated rings. The van der Waals surface area contributed by atoms with E-state index in [9.17, 15) is 0 Å².